The Morgan fingerprint density at radius 1 is 1.50 bits per heavy atom. The Morgan fingerprint density at radius 2 is 2.25 bits per heavy atom. The van der Waals surface area contributed by atoms with Gasteiger partial charge in [-0.1, -0.05) is 0 Å². The topological polar surface area (TPSA) is 40.5 Å². The minimum atomic E-state index is -0.708. The molecule has 0 saturated heterocycles. The highest BCUT2D eigenvalue weighted by molar-refractivity contribution is 5.00. The van der Waals surface area contributed by atoms with Gasteiger partial charge in [-0.15, -0.1) is 5.73 Å². The van der Waals surface area contributed by atoms with E-state index in [2.05, 4.69) is 5.73 Å². The van der Waals surface area contributed by atoms with Gasteiger partial charge >= 0.3 is 0 Å². The second kappa shape index (κ2) is 2.14. The second-order valence-corrected chi connectivity index (χ2v) is 1.83. The van der Waals surface area contributed by atoms with E-state index in [1.54, 1.807) is 6.08 Å². The molecular formula is C6H8O2. The van der Waals surface area contributed by atoms with Crippen molar-refractivity contribution in [3.05, 3.63) is 17.9 Å². The fraction of sp³-hybridized carbons (Fsp3) is 0.500. The number of hydrogen-bond acceptors (Lipinski definition) is 2. The molecule has 0 aliphatic heterocycles. The fourth-order valence-corrected chi connectivity index (χ4v) is 0.606. The lowest BCUT2D eigenvalue weighted by molar-refractivity contribution is 0.0491. The molecule has 0 unspecified atom stereocenters. The smallest absolute Gasteiger partial charge is 0.106 e. The largest absolute Gasteiger partial charge is 0.390 e. The van der Waals surface area contributed by atoms with Crippen LogP contribution in [0.15, 0.2) is 17.9 Å². The zero-order valence-corrected chi connectivity index (χ0v) is 4.41. The monoisotopic (exact) mass is 112 g/mol. The molecule has 2 heteroatoms. The molecule has 1 aliphatic rings. The standard InChI is InChI=1S/C6H8O2/c7-5-3-1-2-4-6(5)8/h1,4-8H,3H2/t5-,6+/m1/s1. The number of hydrogen-bond donors (Lipinski definition) is 2. The van der Waals surface area contributed by atoms with Gasteiger partial charge in [-0.25, -0.2) is 0 Å². The van der Waals surface area contributed by atoms with E-state index in [0.29, 0.717) is 6.42 Å². The summed E-state index contributed by atoms with van der Waals surface area (Å²) in [7, 11) is 0. The van der Waals surface area contributed by atoms with E-state index in [-0.39, 0.29) is 0 Å². The van der Waals surface area contributed by atoms with Crippen molar-refractivity contribution in [2.24, 2.45) is 0 Å². The van der Waals surface area contributed by atoms with Crippen LogP contribution < -0.4 is 0 Å². The molecule has 0 aromatic carbocycles. The molecule has 0 bridgehead atoms. The van der Waals surface area contributed by atoms with Crippen molar-refractivity contribution in [1.82, 2.24) is 0 Å². The zero-order chi connectivity index (χ0) is 5.98. The highest BCUT2D eigenvalue weighted by Crippen LogP contribution is 2.04. The van der Waals surface area contributed by atoms with Crippen LogP contribution in [-0.4, -0.2) is 22.4 Å². The van der Waals surface area contributed by atoms with Crippen LogP contribution >= 0.6 is 0 Å². The molecule has 0 radical (unpaired) electrons. The first-order chi connectivity index (χ1) is 3.80. The molecular weight excluding hydrogens is 104 g/mol. The average molecular weight is 112 g/mol. The molecule has 0 saturated carbocycles. The SMILES string of the molecule is O[C@@H]1CC=C=C[C@@H]1O. The number of aliphatic hydroxyl groups excluding tert-OH is 2. The summed E-state index contributed by atoms with van der Waals surface area (Å²) in [5.41, 5.74) is 2.70. The highest BCUT2D eigenvalue weighted by Gasteiger charge is 2.12. The molecule has 0 heterocycles. The molecule has 0 spiro atoms. The Labute approximate surface area is 47.8 Å². The molecule has 1 aliphatic carbocycles. The van der Waals surface area contributed by atoms with Gasteiger partial charge in [-0.3, -0.25) is 0 Å². The lowest BCUT2D eigenvalue weighted by Gasteiger charge is -2.12. The predicted octanol–water partition coefficient (Wildman–Crippen LogP) is -0.177. The summed E-state index contributed by atoms with van der Waals surface area (Å²) in [5.74, 6) is 0. The van der Waals surface area contributed by atoms with Gasteiger partial charge in [0.2, 0.25) is 0 Å². The third kappa shape index (κ3) is 0.984. The van der Waals surface area contributed by atoms with E-state index in [4.69, 9.17) is 10.2 Å². The highest BCUT2D eigenvalue weighted by atomic mass is 16.3. The summed E-state index contributed by atoms with van der Waals surface area (Å²) in [6.07, 6.45) is 2.35. The quantitative estimate of drug-likeness (QED) is 0.427. The molecule has 0 amide bonds. The fourth-order valence-electron chi connectivity index (χ4n) is 0.606. The van der Waals surface area contributed by atoms with E-state index >= 15 is 0 Å². The molecule has 0 aromatic rings. The molecule has 0 aromatic heterocycles. The van der Waals surface area contributed by atoms with Crippen LogP contribution in [0.2, 0.25) is 0 Å². The van der Waals surface area contributed by atoms with Gasteiger partial charge in [0, 0.05) is 6.42 Å². The third-order valence-corrected chi connectivity index (χ3v) is 1.14. The van der Waals surface area contributed by atoms with Crippen molar-refractivity contribution < 1.29 is 10.2 Å². The van der Waals surface area contributed by atoms with Gasteiger partial charge in [-0.2, -0.15) is 0 Å². The summed E-state index contributed by atoms with van der Waals surface area (Å²) < 4.78 is 0. The molecule has 1 rings (SSSR count). The van der Waals surface area contributed by atoms with Crippen LogP contribution in [-0.2, 0) is 0 Å². The van der Waals surface area contributed by atoms with Crippen molar-refractivity contribution in [2.75, 3.05) is 0 Å². The van der Waals surface area contributed by atoms with E-state index in [0.717, 1.165) is 0 Å². The van der Waals surface area contributed by atoms with Crippen LogP contribution in [0.5, 0.6) is 0 Å². The Balaban J connectivity index is 2.62. The number of rotatable bonds is 0. The molecule has 2 N–H and O–H groups in total. The number of aliphatic hydroxyl groups is 2. The summed E-state index contributed by atoms with van der Waals surface area (Å²) in [5, 5.41) is 17.6. The van der Waals surface area contributed by atoms with Gasteiger partial charge in [0.1, 0.15) is 6.10 Å². The van der Waals surface area contributed by atoms with Gasteiger partial charge in [0.25, 0.3) is 0 Å². The molecule has 8 heavy (non-hydrogen) atoms. The first kappa shape index (κ1) is 5.57. The first-order valence-corrected chi connectivity index (χ1v) is 2.58. The summed E-state index contributed by atoms with van der Waals surface area (Å²) in [6.45, 7) is 0. The van der Waals surface area contributed by atoms with Crippen LogP contribution in [0, 0.1) is 0 Å². The van der Waals surface area contributed by atoms with Crippen LogP contribution in [0.1, 0.15) is 6.42 Å². The maximum absolute atomic E-state index is 8.83. The maximum atomic E-state index is 8.83. The Morgan fingerprint density at radius 3 is 2.62 bits per heavy atom. The summed E-state index contributed by atoms with van der Waals surface area (Å²) in [6, 6.07) is 0. The van der Waals surface area contributed by atoms with Gasteiger partial charge in [-0.05, 0) is 12.2 Å². The van der Waals surface area contributed by atoms with E-state index < -0.39 is 12.2 Å². The van der Waals surface area contributed by atoms with E-state index in [1.807, 2.05) is 0 Å². The molecule has 0 fully saturated rings. The summed E-state index contributed by atoms with van der Waals surface area (Å²) in [4.78, 5) is 0. The minimum Gasteiger partial charge on any atom is -0.390 e. The molecule has 2 atom stereocenters. The molecule has 2 nitrogen and oxygen atoms in total. The van der Waals surface area contributed by atoms with E-state index in [9.17, 15) is 0 Å². The van der Waals surface area contributed by atoms with Crippen molar-refractivity contribution in [3.63, 3.8) is 0 Å². The van der Waals surface area contributed by atoms with Crippen molar-refractivity contribution in [3.8, 4) is 0 Å². The molecule has 44 valence electrons. The second-order valence-electron chi connectivity index (χ2n) is 1.83. The normalized spacial score (nSPS) is 35.8. The Kier molecular flexibility index (Phi) is 1.49. The van der Waals surface area contributed by atoms with Crippen LogP contribution in [0.3, 0.4) is 0 Å². The predicted molar refractivity (Wildman–Crippen MR) is 29.3 cm³/mol. The Bertz CT molecular complexity index is 133. The van der Waals surface area contributed by atoms with E-state index in [1.165, 1.54) is 6.08 Å². The third-order valence-electron chi connectivity index (χ3n) is 1.14. The first-order valence-electron chi connectivity index (χ1n) is 2.58. The Hall–Kier alpha value is -0.560. The van der Waals surface area contributed by atoms with Crippen molar-refractivity contribution >= 4 is 0 Å². The van der Waals surface area contributed by atoms with Gasteiger partial charge in [0.15, 0.2) is 0 Å². The maximum Gasteiger partial charge on any atom is 0.106 e. The lowest BCUT2D eigenvalue weighted by Crippen LogP contribution is -2.23. The minimum absolute atomic E-state index is 0.512. The van der Waals surface area contributed by atoms with Crippen LogP contribution in [0.25, 0.3) is 0 Å². The van der Waals surface area contributed by atoms with Crippen molar-refractivity contribution in [2.45, 2.75) is 18.6 Å². The average Bonchev–Trinajstić information content (AvgIpc) is 1.77. The lowest BCUT2D eigenvalue weighted by atomic mass is 10.1. The zero-order valence-electron chi connectivity index (χ0n) is 4.41. The van der Waals surface area contributed by atoms with Crippen LogP contribution in [0.4, 0.5) is 0 Å². The summed E-state index contributed by atoms with van der Waals surface area (Å²) >= 11 is 0. The van der Waals surface area contributed by atoms with Gasteiger partial charge < -0.3 is 10.2 Å². The van der Waals surface area contributed by atoms with Crippen molar-refractivity contribution in [1.29, 1.82) is 0 Å². The van der Waals surface area contributed by atoms with Gasteiger partial charge in [0.05, 0.1) is 6.10 Å².